The van der Waals surface area contributed by atoms with Gasteiger partial charge < -0.3 is 4.98 Å². The van der Waals surface area contributed by atoms with E-state index in [0.29, 0.717) is 5.69 Å². The Morgan fingerprint density at radius 3 is 2.38 bits per heavy atom. The maximum Gasteiger partial charge on any atom is 0.251 e. The first-order chi connectivity index (χ1) is 7.08. The quantitative estimate of drug-likeness (QED) is 0.826. The largest absolute Gasteiger partial charge is 0.310 e. The third-order valence-corrected chi connectivity index (χ3v) is 2.76. The van der Waals surface area contributed by atoms with E-state index >= 15 is 0 Å². The summed E-state index contributed by atoms with van der Waals surface area (Å²) < 4.78 is 22.2. The smallest absolute Gasteiger partial charge is 0.251 e. The Balaban J connectivity index is 3.24. The fraction of sp³-hybridized carbons (Fsp3) is 0.600. The van der Waals surface area contributed by atoms with Crippen molar-refractivity contribution >= 4 is 9.84 Å². The van der Waals surface area contributed by atoms with Gasteiger partial charge in [-0.25, -0.2) is 13.4 Å². The molecule has 0 radical (unpaired) electrons. The van der Waals surface area contributed by atoms with Gasteiger partial charge in [0.2, 0.25) is 0 Å². The molecule has 0 fully saturated rings. The molecule has 90 valence electrons. The first kappa shape index (κ1) is 12.9. The number of hydrogen-bond donors (Lipinski definition) is 1. The Morgan fingerprint density at radius 1 is 1.38 bits per heavy atom. The van der Waals surface area contributed by atoms with Gasteiger partial charge in [0.1, 0.15) is 11.6 Å². The number of aromatic nitrogens is 2. The van der Waals surface area contributed by atoms with Crippen LogP contribution in [0.15, 0.2) is 10.9 Å². The molecule has 1 aromatic rings. The van der Waals surface area contributed by atoms with Gasteiger partial charge in [-0.05, 0) is 0 Å². The molecule has 0 aliphatic carbocycles. The summed E-state index contributed by atoms with van der Waals surface area (Å²) in [4.78, 5) is 17.9. The summed E-state index contributed by atoms with van der Waals surface area (Å²) in [6.45, 7) is 5.75. The van der Waals surface area contributed by atoms with Crippen LogP contribution in [0.3, 0.4) is 0 Å². The van der Waals surface area contributed by atoms with Crippen molar-refractivity contribution in [1.29, 1.82) is 0 Å². The van der Waals surface area contributed by atoms with E-state index in [0.717, 1.165) is 6.26 Å². The summed E-state index contributed by atoms with van der Waals surface area (Å²) in [6.07, 6.45) is 1.11. The van der Waals surface area contributed by atoms with Crippen LogP contribution in [0.5, 0.6) is 0 Å². The van der Waals surface area contributed by atoms with E-state index in [2.05, 4.69) is 9.97 Å². The third kappa shape index (κ3) is 3.77. The first-order valence-corrected chi connectivity index (χ1v) is 6.92. The number of rotatable bonds is 2. The summed E-state index contributed by atoms with van der Waals surface area (Å²) in [7, 11) is -3.19. The topological polar surface area (TPSA) is 79.9 Å². The van der Waals surface area contributed by atoms with Gasteiger partial charge in [0, 0.05) is 17.7 Å². The SMILES string of the molecule is CC(C)(C)c1cc(=O)[nH]c(CS(C)(=O)=O)n1. The Bertz CT molecular complexity index is 538. The van der Waals surface area contributed by atoms with Crippen LogP contribution < -0.4 is 5.56 Å². The molecule has 0 bridgehead atoms. The average Bonchev–Trinajstić information content (AvgIpc) is 1.97. The van der Waals surface area contributed by atoms with Crippen LogP contribution in [0.1, 0.15) is 32.3 Å². The van der Waals surface area contributed by atoms with Crippen LogP contribution in [-0.4, -0.2) is 24.6 Å². The minimum Gasteiger partial charge on any atom is -0.310 e. The molecular weight excluding hydrogens is 228 g/mol. The zero-order valence-electron chi connectivity index (χ0n) is 9.86. The zero-order valence-corrected chi connectivity index (χ0v) is 10.7. The van der Waals surface area contributed by atoms with E-state index < -0.39 is 9.84 Å². The number of H-pyrrole nitrogens is 1. The highest BCUT2D eigenvalue weighted by Gasteiger charge is 2.18. The van der Waals surface area contributed by atoms with E-state index in [1.165, 1.54) is 6.07 Å². The standard InChI is InChI=1S/C10H16N2O3S/c1-10(2,3)7-5-9(13)12-8(11-7)6-16(4,14)15/h5H,6H2,1-4H3,(H,11,12,13). The van der Waals surface area contributed by atoms with Crippen LogP contribution in [0, 0.1) is 0 Å². The number of nitrogens with one attached hydrogen (secondary N) is 1. The van der Waals surface area contributed by atoms with E-state index in [1.807, 2.05) is 20.8 Å². The van der Waals surface area contributed by atoms with Gasteiger partial charge in [0.25, 0.3) is 5.56 Å². The van der Waals surface area contributed by atoms with E-state index in [-0.39, 0.29) is 22.6 Å². The van der Waals surface area contributed by atoms with Gasteiger partial charge >= 0.3 is 0 Å². The van der Waals surface area contributed by atoms with Crippen molar-refractivity contribution in [3.8, 4) is 0 Å². The molecule has 0 saturated heterocycles. The third-order valence-electron chi connectivity index (χ3n) is 1.96. The summed E-state index contributed by atoms with van der Waals surface area (Å²) in [5.41, 5.74) is -0.00553. The number of hydrogen-bond acceptors (Lipinski definition) is 4. The molecule has 5 nitrogen and oxygen atoms in total. The van der Waals surface area contributed by atoms with Gasteiger partial charge in [0.15, 0.2) is 9.84 Å². The molecule has 1 N–H and O–H groups in total. The molecule has 0 unspecified atom stereocenters. The Labute approximate surface area is 94.8 Å². The lowest BCUT2D eigenvalue weighted by Gasteiger charge is -2.17. The molecule has 1 heterocycles. The van der Waals surface area contributed by atoms with Crippen LogP contribution in [0.4, 0.5) is 0 Å². The Morgan fingerprint density at radius 2 is 1.94 bits per heavy atom. The summed E-state index contributed by atoms with van der Waals surface area (Å²) in [5, 5.41) is 0. The van der Waals surface area contributed by atoms with Crippen molar-refractivity contribution < 1.29 is 8.42 Å². The second-order valence-electron chi connectivity index (χ2n) is 4.90. The Hall–Kier alpha value is -1.17. The molecule has 16 heavy (non-hydrogen) atoms. The molecule has 0 spiro atoms. The highest BCUT2D eigenvalue weighted by molar-refractivity contribution is 7.89. The monoisotopic (exact) mass is 244 g/mol. The minimum atomic E-state index is -3.19. The molecule has 6 heteroatoms. The normalized spacial score (nSPS) is 12.8. The van der Waals surface area contributed by atoms with Crippen molar-refractivity contribution in [2.75, 3.05) is 6.26 Å². The van der Waals surface area contributed by atoms with Crippen molar-refractivity contribution in [2.24, 2.45) is 0 Å². The molecular formula is C10H16N2O3S. The van der Waals surface area contributed by atoms with Crippen molar-refractivity contribution in [2.45, 2.75) is 31.9 Å². The predicted octanol–water partition coefficient (Wildman–Crippen LogP) is 0.612. The fourth-order valence-corrected chi connectivity index (χ4v) is 1.84. The summed E-state index contributed by atoms with van der Waals surface area (Å²) in [6, 6.07) is 1.39. The molecule has 0 aliphatic rings. The second kappa shape index (κ2) is 4.01. The van der Waals surface area contributed by atoms with E-state index in [4.69, 9.17) is 0 Å². The Kier molecular flexibility index (Phi) is 3.23. The maximum atomic E-state index is 11.4. The number of sulfone groups is 1. The van der Waals surface area contributed by atoms with Crippen molar-refractivity contribution in [1.82, 2.24) is 9.97 Å². The van der Waals surface area contributed by atoms with Crippen LogP contribution >= 0.6 is 0 Å². The second-order valence-corrected chi connectivity index (χ2v) is 7.04. The minimum absolute atomic E-state index is 0.194. The molecule has 0 atom stereocenters. The van der Waals surface area contributed by atoms with E-state index in [9.17, 15) is 13.2 Å². The number of aromatic amines is 1. The highest BCUT2D eigenvalue weighted by atomic mass is 32.2. The maximum absolute atomic E-state index is 11.4. The number of nitrogens with zero attached hydrogens (tertiary/aromatic N) is 1. The molecule has 0 aromatic carbocycles. The zero-order chi connectivity index (χ0) is 12.6. The summed E-state index contributed by atoms with van der Waals surface area (Å²) in [5.74, 6) is -0.0495. The first-order valence-electron chi connectivity index (χ1n) is 4.86. The summed E-state index contributed by atoms with van der Waals surface area (Å²) >= 11 is 0. The van der Waals surface area contributed by atoms with Gasteiger partial charge in [0.05, 0.1) is 5.69 Å². The average molecular weight is 244 g/mol. The lowest BCUT2D eigenvalue weighted by atomic mass is 9.92. The van der Waals surface area contributed by atoms with E-state index in [1.54, 1.807) is 0 Å². The molecule has 1 rings (SSSR count). The lowest BCUT2D eigenvalue weighted by molar-refractivity contribution is 0.560. The van der Waals surface area contributed by atoms with Gasteiger partial charge in [-0.15, -0.1) is 0 Å². The van der Waals surface area contributed by atoms with Gasteiger partial charge in [-0.1, -0.05) is 20.8 Å². The lowest BCUT2D eigenvalue weighted by Crippen LogP contribution is -2.22. The van der Waals surface area contributed by atoms with Crippen LogP contribution in [0.2, 0.25) is 0 Å². The van der Waals surface area contributed by atoms with Crippen LogP contribution in [-0.2, 0) is 21.0 Å². The van der Waals surface area contributed by atoms with Crippen molar-refractivity contribution in [3.05, 3.63) is 27.9 Å². The van der Waals surface area contributed by atoms with Crippen molar-refractivity contribution in [3.63, 3.8) is 0 Å². The fourth-order valence-electron chi connectivity index (χ4n) is 1.21. The van der Waals surface area contributed by atoms with Crippen LogP contribution in [0.25, 0.3) is 0 Å². The van der Waals surface area contributed by atoms with Gasteiger partial charge in [-0.2, -0.15) is 0 Å². The predicted molar refractivity (Wildman–Crippen MR) is 62.1 cm³/mol. The molecule has 1 aromatic heterocycles. The highest BCUT2D eigenvalue weighted by Crippen LogP contribution is 2.18. The molecule has 0 aliphatic heterocycles. The molecule has 0 saturated carbocycles. The molecule has 0 amide bonds. The van der Waals surface area contributed by atoms with Gasteiger partial charge in [-0.3, -0.25) is 4.79 Å².